The van der Waals surface area contributed by atoms with Crippen molar-refractivity contribution in [2.75, 3.05) is 36.6 Å². The Morgan fingerprint density at radius 1 is 1.39 bits per heavy atom. The summed E-state index contributed by atoms with van der Waals surface area (Å²) in [6.45, 7) is 1.65. The van der Waals surface area contributed by atoms with Gasteiger partial charge in [-0.05, 0) is 12.8 Å². The van der Waals surface area contributed by atoms with Crippen molar-refractivity contribution in [2.45, 2.75) is 24.3 Å². The minimum absolute atomic E-state index is 0.0813. The van der Waals surface area contributed by atoms with E-state index in [1.54, 1.807) is 0 Å². The monoisotopic (exact) mass is 274 g/mol. The van der Waals surface area contributed by atoms with Crippen LogP contribution in [0.2, 0.25) is 0 Å². The standard InChI is InChI=1S/C10H18N4O3S/c1-18(16,17)8-9(11)14(6-7-15)12-10(8)13-4-2-3-5-13/h15H,2-7,11H2,1H3. The van der Waals surface area contributed by atoms with Gasteiger partial charge in [-0.15, -0.1) is 0 Å². The first-order valence-corrected chi connectivity index (χ1v) is 7.76. The molecule has 0 saturated carbocycles. The summed E-state index contributed by atoms with van der Waals surface area (Å²) < 4.78 is 25.0. The molecule has 7 nitrogen and oxygen atoms in total. The first kappa shape index (κ1) is 13.2. The lowest BCUT2D eigenvalue weighted by molar-refractivity contribution is 0.270. The summed E-state index contributed by atoms with van der Waals surface area (Å²) in [5, 5.41) is 13.2. The molecule has 1 fully saturated rings. The summed E-state index contributed by atoms with van der Waals surface area (Å²) in [7, 11) is -3.43. The summed E-state index contributed by atoms with van der Waals surface area (Å²) in [6.07, 6.45) is 3.18. The number of hydrogen-bond donors (Lipinski definition) is 2. The van der Waals surface area contributed by atoms with Crippen molar-refractivity contribution in [3.8, 4) is 0 Å². The molecule has 1 aliphatic heterocycles. The summed E-state index contributed by atoms with van der Waals surface area (Å²) in [5.74, 6) is 0.523. The van der Waals surface area contributed by atoms with Crippen molar-refractivity contribution in [3.05, 3.63) is 0 Å². The van der Waals surface area contributed by atoms with Crippen LogP contribution in [0.15, 0.2) is 4.90 Å². The van der Waals surface area contributed by atoms with Gasteiger partial charge < -0.3 is 15.7 Å². The predicted molar refractivity (Wildman–Crippen MR) is 68.3 cm³/mol. The van der Waals surface area contributed by atoms with Crippen LogP contribution >= 0.6 is 0 Å². The number of aromatic nitrogens is 2. The third-order valence-electron chi connectivity index (χ3n) is 3.02. The minimum atomic E-state index is -3.43. The van der Waals surface area contributed by atoms with Crippen molar-refractivity contribution in [3.63, 3.8) is 0 Å². The van der Waals surface area contributed by atoms with Crippen molar-refractivity contribution in [1.29, 1.82) is 0 Å². The fourth-order valence-electron chi connectivity index (χ4n) is 2.20. The Morgan fingerprint density at radius 2 is 2.00 bits per heavy atom. The third-order valence-corrected chi connectivity index (χ3v) is 4.15. The number of rotatable bonds is 4. The van der Waals surface area contributed by atoms with Crippen LogP contribution in [0.5, 0.6) is 0 Å². The lowest BCUT2D eigenvalue weighted by Crippen LogP contribution is -2.20. The third kappa shape index (κ3) is 2.30. The lowest BCUT2D eigenvalue weighted by atomic mass is 10.4. The SMILES string of the molecule is CS(=O)(=O)c1c(N2CCCC2)nn(CCO)c1N. The zero-order valence-electron chi connectivity index (χ0n) is 10.3. The summed E-state index contributed by atoms with van der Waals surface area (Å²) >= 11 is 0. The minimum Gasteiger partial charge on any atom is -0.394 e. The average molecular weight is 274 g/mol. The van der Waals surface area contributed by atoms with Crippen LogP contribution in [-0.4, -0.2) is 49.3 Å². The Morgan fingerprint density at radius 3 is 2.50 bits per heavy atom. The van der Waals surface area contributed by atoms with Crippen molar-refractivity contribution >= 4 is 21.5 Å². The maximum Gasteiger partial charge on any atom is 0.182 e. The van der Waals surface area contributed by atoms with Crippen molar-refractivity contribution in [1.82, 2.24) is 9.78 Å². The van der Waals surface area contributed by atoms with Gasteiger partial charge in [0, 0.05) is 19.3 Å². The zero-order valence-corrected chi connectivity index (χ0v) is 11.2. The van der Waals surface area contributed by atoms with E-state index in [9.17, 15) is 8.42 Å². The average Bonchev–Trinajstić information content (AvgIpc) is 2.86. The van der Waals surface area contributed by atoms with Crippen molar-refractivity contribution in [2.24, 2.45) is 0 Å². The molecule has 1 aromatic rings. The molecule has 0 aliphatic carbocycles. The number of hydrogen-bond acceptors (Lipinski definition) is 6. The van der Waals surface area contributed by atoms with Gasteiger partial charge in [0.2, 0.25) is 0 Å². The van der Waals surface area contributed by atoms with Gasteiger partial charge in [0.15, 0.2) is 20.6 Å². The molecule has 1 aromatic heterocycles. The topological polar surface area (TPSA) is 101 Å². The molecule has 0 unspecified atom stereocenters. The highest BCUT2D eigenvalue weighted by molar-refractivity contribution is 7.91. The molecule has 0 bridgehead atoms. The molecule has 3 N–H and O–H groups in total. The van der Waals surface area contributed by atoms with Gasteiger partial charge in [-0.1, -0.05) is 0 Å². The van der Waals surface area contributed by atoms with Crippen molar-refractivity contribution < 1.29 is 13.5 Å². The van der Waals surface area contributed by atoms with E-state index in [2.05, 4.69) is 5.10 Å². The van der Waals surface area contributed by atoms with E-state index in [1.165, 1.54) is 4.68 Å². The summed E-state index contributed by atoms with van der Waals surface area (Å²) in [6, 6.07) is 0. The van der Waals surface area contributed by atoms with Gasteiger partial charge >= 0.3 is 0 Å². The molecule has 18 heavy (non-hydrogen) atoms. The highest BCUT2D eigenvalue weighted by Crippen LogP contribution is 2.31. The number of anilines is 2. The first-order chi connectivity index (χ1) is 8.45. The normalized spacial score (nSPS) is 16.4. The molecule has 0 aromatic carbocycles. The predicted octanol–water partition coefficient (Wildman–Crippen LogP) is -0.539. The molecule has 0 atom stereocenters. The van der Waals surface area contributed by atoms with Crippen LogP contribution in [0.4, 0.5) is 11.6 Å². The molecule has 102 valence electrons. The van der Waals surface area contributed by atoms with Gasteiger partial charge in [-0.3, -0.25) is 0 Å². The molecule has 2 rings (SSSR count). The summed E-state index contributed by atoms with van der Waals surface area (Å²) in [4.78, 5) is 2.01. The Balaban J connectivity index is 2.52. The van der Waals surface area contributed by atoms with Gasteiger partial charge in [-0.25, -0.2) is 13.1 Å². The number of aliphatic hydroxyl groups is 1. The Kier molecular flexibility index (Phi) is 3.49. The molecule has 0 amide bonds. The maximum absolute atomic E-state index is 11.8. The Labute approximate surface area is 106 Å². The second kappa shape index (κ2) is 4.77. The van der Waals surface area contributed by atoms with E-state index in [0.29, 0.717) is 5.82 Å². The molecule has 1 saturated heterocycles. The van der Waals surface area contributed by atoms with E-state index in [-0.39, 0.29) is 23.9 Å². The quantitative estimate of drug-likeness (QED) is 0.764. The maximum atomic E-state index is 11.8. The smallest absolute Gasteiger partial charge is 0.182 e. The van der Waals surface area contributed by atoms with Crippen LogP contribution in [0.1, 0.15) is 12.8 Å². The van der Waals surface area contributed by atoms with E-state index in [1.807, 2.05) is 4.90 Å². The van der Waals surface area contributed by atoms with Crippen LogP contribution in [0.3, 0.4) is 0 Å². The lowest BCUT2D eigenvalue weighted by Gasteiger charge is -2.15. The molecular weight excluding hydrogens is 256 g/mol. The van der Waals surface area contributed by atoms with Gasteiger partial charge in [-0.2, -0.15) is 5.10 Å². The van der Waals surface area contributed by atoms with E-state index in [0.717, 1.165) is 32.2 Å². The Bertz CT molecular complexity index is 532. The Hall–Kier alpha value is -1.28. The largest absolute Gasteiger partial charge is 0.394 e. The number of nitrogens with two attached hydrogens (primary N) is 1. The molecular formula is C10H18N4O3S. The second-order valence-electron chi connectivity index (χ2n) is 4.45. The number of nitrogens with zero attached hydrogens (tertiary/aromatic N) is 3. The second-order valence-corrected chi connectivity index (χ2v) is 6.40. The summed E-state index contributed by atoms with van der Waals surface area (Å²) in [5.41, 5.74) is 5.83. The number of sulfone groups is 1. The molecule has 8 heteroatoms. The highest BCUT2D eigenvalue weighted by atomic mass is 32.2. The molecule has 2 heterocycles. The zero-order chi connectivity index (χ0) is 13.3. The van der Waals surface area contributed by atoms with Crippen LogP contribution in [0, 0.1) is 0 Å². The van der Waals surface area contributed by atoms with Crippen LogP contribution < -0.4 is 10.6 Å². The van der Waals surface area contributed by atoms with E-state index in [4.69, 9.17) is 10.8 Å². The highest BCUT2D eigenvalue weighted by Gasteiger charge is 2.28. The fourth-order valence-corrected chi connectivity index (χ4v) is 3.19. The van der Waals surface area contributed by atoms with Crippen LogP contribution in [0.25, 0.3) is 0 Å². The number of nitrogen functional groups attached to an aromatic ring is 1. The van der Waals surface area contributed by atoms with Gasteiger partial charge in [0.05, 0.1) is 13.2 Å². The van der Waals surface area contributed by atoms with E-state index >= 15 is 0 Å². The molecule has 1 aliphatic rings. The van der Waals surface area contributed by atoms with Gasteiger partial charge in [0.25, 0.3) is 0 Å². The molecule has 0 radical (unpaired) electrons. The van der Waals surface area contributed by atoms with Crippen LogP contribution in [-0.2, 0) is 16.4 Å². The number of aliphatic hydroxyl groups excluding tert-OH is 1. The molecule has 0 spiro atoms. The first-order valence-electron chi connectivity index (χ1n) is 5.87. The van der Waals surface area contributed by atoms with E-state index < -0.39 is 9.84 Å². The van der Waals surface area contributed by atoms with Gasteiger partial charge in [0.1, 0.15) is 5.82 Å². The fraction of sp³-hybridized carbons (Fsp3) is 0.700.